The van der Waals surface area contributed by atoms with E-state index in [1.165, 1.54) is 22.3 Å². The zero-order valence-corrected chi connectivity index (χ0v) is 16.1. The Morgan fingerprint density at radius 1 is 0.500 bits per heavy atom. The summed E-state index contributed by atoms with van der Waals surface area (Å²) in [5, 5.41) is 0. The van der Waals surface area contributed by atoms with E-state index in [0.29, 0.717) is 11.1 Å². The zero-order chi connectivity index (χ0) is 19.5. The lowest BCUT2D eigenvalue weighted by molar-refractivity contribution is 0.103. The van der Waals surface area contributed by atoms with Crippen LogP contribution >= 0.6 is 0 Å². The van der Waals surface area contributed by atoms with Gasteiger partial charge in [0.2, 0.25) is 0 Å². The van der Waals surface area contributed by atoms with Crippen molar-refractivity contribution in [1.82, 2.24) is 0 Å². The fourth-order valence-electron chi connectivity index (χ4n) is 3.56. The number of aryl methyl sites for hydroxylation is 2. The van der Waals surface area contributed by atoms with E-state index in [2.05, 4.69) is 38.1 Å². The van der Waals surface area contributed by atoms with Gasteiger partial charge in [-0.1, -0.05) is 97.1 Å². The quantitative estimate of drug-likeness (QED) is 0.362. The van der Waals surface area contributed by atoms with Gasteiger partial charge in [-0.05, 0) is 47.2 Å². The van der Waals surface area contributed by atoms with Crippen molar-refractivity contribution in [2.75, 3.05) is 0 Å². The monoisotopic (exact) mass is 362 g/mol. The lowest BCUT2D eigenvalue weighted by Gasteiger charge is -2.08. The molecule has 28 heavy (non-hydrogen) atoms. The van der Waals surface area contributed by atoms with Crippen molar-refractivity contribution in [3.63, 3.8) is 0 Å². The third kappa shape index (κ3) is 3.52. The lowest BCUT2D eigenvalue weighted by Crippen LogP contribution is -2.01. The largest absolute Gasteiger partial charge is 0.289 e. The maximum absolute atomic E-state index is 12.9. The van der Waals surface area contributed by atoms with E-state index in [0.717, 1.165) is 11.1 Å². The van der Waals surface area contributed by atoms with Crippen molar-refractivity contribution in [2.45, 2.75) is 13.8 Å². The van der Waals surface area contributed by atoms with Gasteiger partial charge in [-0.3, -0.25) is 4.79 Å². The normalized spacial score (nSPS) is 10.6. The van der Waals surface area contributed by atoms with Crippen molar-refractivity contribution in [3.05, 3.63) is 119 Å². The minimum absolute atomic E-state index is 0.0488. The second-order valence-electron chi connectivity index (χ2n) is 7.11. The molecule has 0 aliphatic rings. The summed E-state index contributed by atoms with van der Waals surface area (Å²) in [6.07, 6.45) is 0. The summed E-state index contributed by atoms with van der Waals surface area (Å²) in [5.41, 5.74) is 8.53. The van der Waals surface area contributed by atoms with Crippen LogP contribution in [0.5, 0.6) is 0 Å². The van der Waals surface area contributed by atoms with Gasteiger partial charge in [-0.15, -0.1) is 0 Å². The summed E-state index contributed by atoms with van der Waals surface area (Å²) in [5.74, 6) is 0.0488. The molecule has 4 aromatic rings. The fourth-order valence-corrected chi connectivity index (χ4v) is 3.56. The van der Waals surface area contributed by atoms with Gasteiger partial charge in [-0.25, -0.2) is 0 Å². The number of hydrogen-bond donors (Lipinski definition) is 0. The van der Waals surface area contributed by atoms with Gasteiger partial charge in [0, 0.05) is 11.1 Å². The molecule has 0 aromatic heterocycles. The van der Waals surface area contributed by atoms with Crippen LogP contribution in [0.2, 0.25) is 0 Å². The first-order valence-electron chi connectivity index (χ1n) is 9.50. The van der Waals surface area contributed by atoms with E-state index in [9.17, 15) is 4.79 Å². The lowest BCUT2D eigenvalue weighted by atomic mass is 9.95. The summed E-state index contributed by atoms with van der Waals surface area (Å²) in [4.78, 5) is 12.9. The third-order valence-corrected chi connectivity index (χ3v) is 5.21. The topological polar surface area (TPSA) is 17.1 Å². The van der Waals surface area contributed by atoms with Gasteiger partial charge in [0.15, 0.2) is 5.78 Å². The Hall–Kier alpha value is -3.45. The van der Waals surface area contributed by atoms with Gasteiger partial charge >= 0.3 is 0 Å². The van der Waals surface area contributed by atoms with Crippen LogP contribution in [0.3, 0.4) is 0 Å². The summed E-state index contributed by atoms with van der Waals surface area (Å²) in [6.45, 7) is 4.20. The molecule has 0 aliphatic carbocycles. The minimum Gasteiger partial charge on any atom is -0.289 e. The molecule has 0 unspecified atom stereocenters. The second-order valence-corrected chi connectivity index (χ2v) is 7.11. The number of carbonyl (C=O) groups is 1. The highest BCUT2D eigenvalue weighted by atomic mass is 16.1. The van der Waals surface area contributed by atoms with Gasteiger partial charge in [0.1, 0.15) is 0 Å². The van der Waals surface area contributed by atoms with Crippen molar-refractivity contribution < 1.29 is 4.79 Å². The molecule has 0 saturated heterocycles. The first kappa shape index (κ1) is 17.9. The highest BCUT2D eigenvalue weighted by Crippen LogP contribution is 2.26. The number of benzene rings is 4. The van der Waals surface area contributed by atoms with Gasteiger partial charge in [-0.2, -0.15) is 0 Å². The Morgan fingerprint density at radius 3 is 1.21 bits per heavy atom. The SMILES string of the molecule is Cc1ccccc1-c1ccc(C(=O)c2ccc(-c3ccccc3C)cc2)cc1. The molecule has 1 nitrogen and oxygen atoms in total. The van der Waals surface area contributed by atoms with E-state index in [1.807, 2.05) is 72.8 Å². The second kappa shape index (κ2) is 7.66. The van der Waals surface area contributed by atoms with Crippen LogP contribution in [0.1, 0.15) is 27.0 Å². The van der Waals surface area contributed by atoms with Gasteiger partial charge < -0.3 is 0 Å². The Bertz CT molecular complexity index is 1030. The third-order valence-electron chi connectivity index (χ3n) is 5.21. The van der Waals surface area contributed by atoms with Gasteiger partial charge in [0.05, 0.1) is 0 Å². The van der Waals surface area contributed by atoms with Crippen molar-refractivity contribution in [2.24, 2.45) is 0 Å². The van der Waals surface area contributed by atoms with Crippen LogP contribution < -0.4 is 0 Å². The predicted molar refractivity (Wildman–Crippen MR) is 117 cm³/mol. The molecule has 0 amide bonds. The first-order chi connectivity index (χ1) is 13.6. The average Bonchev–Trinajstić information content (AvgIpc) is 2.74. The van der Waals surface area contributed by atoms with Crippen molar-refractivity contribution >= 4 is 5.78 Å². The van der Waals surface area contributed by atoms with Crippen LogP contribution in [0.4, 0.5) is 0 Å². The minimum atomic E-state index is 0.0488. The Morgan fingerprint density at radius 2 is 0.857 bits per heavy atom. The zero-order valence-electron chi connectivity index (χ0n) is 16.1. The number of hydrogen-bond acceptors (Lipinski definition) is 1. The van der Waals surface area contributed by atoms with Crippen LogP contribution in [-0.4, -0.2) is 5.78 Å². The molecule has 4 rings (SSSR count). The maximum atomic E-state index is 12.9. The molecule has 0 N–H and O–H groups in total. The highest BCUT2D eigenvalue weighted by molar-refractivity contribution is 6.09. The van der Waals surface area contributed by atoms with Crippen molar-refractivity contribution in [1.29, 1.82) is 0 Å². The predicted octanol–water partition coefficient (Wildman–Crippen LogP) is 6.87. The molecule has 0 spiro atoms. The van der Waals surface area contributed by atoms with E-state index in [-0.39, 0.29) is 5.78 Å². The first-order valence-corrected chi connectivity index (χ1v) is 9.50. The maximum Gasteiger partial charge on any atom is 0.193 e. The molecule has 0 heterocycles. The molecule has 136 valence electrons. The van der Waals surface area contributed by atoms with E-state index >= 15 is 0 Å². The van der Waals surface area contributed by atoms with Crippen LogP contribution in [0.25, 0.3) is 22.3 Å². The molecule has 0 aliphatic heterocycles. The number of carbonyl (C=O) groups excluding carboxylic acids is 1. The Balaban J connectivity index is 1.58. The summed E-state index contributed by atoms with van der Waals surface area (Å²) in [6, 6.07) is 32.3. The van der Waals surface area contributed by atoms with E-state index < -0.39 is 0 Å². The number of ketones is 1. The van der Waals surface area contributed by atoms with E-state index in [1.54, 1.807) is 0 Å². The standard InChI is InChI=1S/C27H22O/c1-19-7-3-5-9-25(19)21-11-15-23(16-12-21)27(28)24-17-13-22(14-18-24)26-10-6-4-8-20(26)2/h3-18H,1-2H3. The van der Waals surface area contributed by atoms with Crippen molar-refractivity contribution in [3.8, 4) is 22.3 Å². The molecule has 0 saturated carbocycles. The number of rotatable bonds is 4. The smallest absolute Gasteiger partial charge is 0.193 e. The Kier molecular flexibility index (Phi) is 4.90. The summed E-state index contributed by atoms with van der Waals surface area (Å²) in [7, 11) is 0. The van der Waals surface area contributed by atoms with Crippen LogP contribution in [-0.2, 0) is 0 Å². The molecule has 0 radical (unpaired) electrons. The molecule has 0 atom stereocenters. The Labute approximate surface area is 166 Å². The van der Waals surface area contributed by atoms with Crippen LogP contribution in [0, 0.1) is 13.8 Å². The van der Waals surface area contributed by atoms with Crippen LogP contribution in [0.15, 0.2) is 97.1 Å². The summed E-state index contributed by atoms with van der Waals surface area (Å²) >= 11 is 0. The molecule has 4 aromatic carbocycles. The average molecular weight is 362 g/mol. The fraction of sp³-hybridized carbons (Fsp3) is 0.0741. The molecular formula is C27H22O. The van der Waals surface area contributed by atoms with E-state index in [4.69, 9.17) is 0 Å². The highest BCUT2D eigenvalue weighted by Gasteiger charge is 2.10. The summed E-state index contributed by atoms with van der Waals surface area (Å²) < 4.78 is 0. The van der Waals surface area contributed by atoms with Gasteiger partial charge in [0.25, 0.3) is 0 Å². The molecule has 0 bridgehead atoms. The molecular weight excluding hydrogens is 340 g/mol. The molecule has 0 fully saturated rings. The molecule has 1 heteroatoms.